The average Bonchev–Trinajstić information content (AvgIpc) is 3.48. The summed E-state index contributed by atoms with van der Waals surface area (Å²) in [5.74, 6) is -8.31. The van der Waals surface area contributed by atoms with Crippen LogP contribution in [0.1, 0.15) is 67.1 Å². The molecule has 13 nitrogen and oxygen atoms in total. The number of cyclic esters (lactones) is 1. The molecule has 0 spiro atoms. The van der Waals surface area contributed by atoms with Crippen molar-refractivity contribution in [1.29, 1.82) is 0 Å². The van der Waals surface area contributed by atoms with E-state index in [1.54, 1.807) is 40.7 Å². The van der Waals surface area contributed by atoms with E-state index in [-0.39, 0.29) is 0 Å². The molecule has 45 heavy (non-hydrogen) atoms. The number of hydrogen-bond donors (Lipinski definition) is 0. The van der Waals surface area contributed by atoms with Gasteiger partial charge in [-0.15, -0.1) is 0 Å². The van der Waals surface area contributed by atoms with E-state index in [4.69, 9.17) is 37.6 Å². The number of fused-ring (bicyclic) bond motifs is 3. The quantitative estimate of drug-likeness (QED) is 0.255. The lowest BCUT2D eigenvalue weighted by atomic mass is 9.47. The molecule has 1 aromatic heterocycles. The molecule has 4 heterocycles. The predicted molar refractivity (Wildman–Crippen MR) is 150 cm³/mol. The highest BCUT2D eigenvalue weighted by atomic mass is 16.7. The fourth-order valence-electron chi connectivity index (χ4n) is 8.95. The number of ether oxygens (including phenoxy) is 7. The van der Waals surface area contributed by atoms with E-state index in [1.807, 2.05) is 0 Å². The van der Waals surface area contributed by atoms with E-state index in [9.17, 15) is 24.0 Å². The predicted octanol–water partition coefficient (Wildman–Crippen LogP) is 3.20. The molecule has 1 aromatic rings. The molecule has 0 unspecified atom stereocenters. The second kappa shape index (κ2) is 10.7. The molecule has 11 atom stereocenters. The molecule has 0 aromatic carbocycles. The van der Waals surface area contributed by atoms with Crippen LogP contribution in [0.3, 0.4) is 0 Å². The molecule has 246 valence electrons. The average molecular weight is 633 g/mol. The minimum atomic E-state index is -1.72. The Bertz CT molecular complexity index is 1430. The molecule has 1 saturated carbocycles. The van der Waals surface area contributed by atoms with Crippen LogP contribution in [0, 0.1) is 28.6 Å². The van der Waals surface area contributed by atoms with Crippen LogP contribution in [0.4, 0.5) is 0 Å². The fraction of sp³-hybridized carbons (Fsp3) is 0.656. The molecule has 2 bridgehead atoms. The first-order valence-corrected chi connectivity index (χ1v) is 14.7. The first kappa shape index (κ1) is 32.7. The summed E-state index contributed by atoms with van der Waals surface area (Å²) in [5, 5.41) is 0. The monoisotopic (exact) mass is 632 g/mol. The summed E-state index contributed by atoms with van der Waals surface area (Å²) in [7, 11) is 1.16. The number of carbonyl (C=O) groups excluding carboxylic acids is 5. The molecular weight excluding hydrogens is 592 g/mol. The Morgan fingerprint density at radius 3 is 2.13 bits per heavy atom. The van der Waals surface area contributed by atoms with Crippen LogP contribution >= 0.6 is 0 Å². The van der Waals surface area contributed by atoms with Crippen molar-refractivity contribution >= 4 is 29.8 Å². The fourth-order valence-corrected chi connectivity index (χ4v) is 8.95. The van der Waals surface area contributed by atoms with Crippen LogP contribution < -0.4 is 0 Å². The van der Waals surface area contributed by atoms with Crippen molar-refractivity contribution < 1.29 is 61.5 Å². The summed E-state index contributed by atoms with van der Waals surface area (Å²) >= 11 is 0. The van der Waals surface area contributed by atoms with Crippen molar-refractivity contribution in [2.24, 2.45) is 28.6 Å². The summed E-state index contributed by atoms with van der Waals surface area (Å²) in [6.07, 6.45) is -3.53. The van der Waals surface area contributed by atoms with Crippen molar-refractivity contribution in [3.05, 3.63) is 36.3 Å². The van der Waals surface area contributed by atoms with Gasteiger partial charge < -0.3 is 37.6 Å². The zero-order chi connectivity index (χ0) is 33.4. The SMILES string of the molecule is C=C1[C@H]2[C@@H]3O[C@@]4(C)OC(C)(C)[C@H]([C@@H](OC(C)=O)C(=O)OC)[C@@]4(C)[C@@H]1[C@@H](OC(C)=O)[C@H](OC(C)=O)[C@@]2(C)[C@H](c1ccoc1)OC3=O. The van der Waals surface area contributed by atoms with Gasteiger partial charge in [-0.3, -0.25) is 14.4 Å². The van der Waals surface area contributed by atoms with Gasteiger partial charge in [0.1, 0.15) is 18.3 Å². The highest BCUT2D eigenvalue weighted by Gasteiger charge is 2.80. The number of furan rings is 1. The first-order chi connectivity index (χ1) is 20.8. The van der Waals surface area contributed by atoms with Crippen LogP contribution in [0.2, 0.25) is 0 Å². The largest absolute Gasteiger partial charge is 0.472 e. The molecule has 3 aliphatic heterocycles. The molecular formula is C32H40O13. The van der Waals surface area contributed by atoms with E-state index in [1.165, 1.54) is 26.4 Å². The van der Waals surface area contributed by atoms with Crippen molar-refractivity contribution in [3.8, 4) is 0 Å². The summed E-state index contributed by atoms with van der Waals surface area (Å²) in [4.78, 5) is 65.3. The van der Waals surface area contributed by atoms with E-state index in [0.717, 1.165) is 14.0 Å². The van der Waals surface area contributed by atoms with Crippen LogP contribution in [0.15, 0.2) is 35.2 Å². The second-order valence-electron chi connectivity index (χ2n) is 13.4. The van der Waals surface area contributed by atoms with Gasteiger partial charge in [0.15, 0.2) is 11.9 Å². The van der Waals surface area contributed by atoms with Crippen LogP contribution in [-0.4, -0.2) is 72.8 Å². The maximum absolute atomic E-state index is 13.9. The smallest absolute Gasteiger partial charge is 0.347 e. The Labute approximate surface area is 260 Å². The lowest BCUT2D eigenvalue weighted by Gasteiger charge is -2.59. The molecule has 0 radical (unpaired) electrons. The number of methoxy groups -OCH3 is 1. The number of hydrogen-bond acceptors (Lipinski definition) is 13. The summed E-state index contributed by atoms with van der Waals surface area (Å²) in [6, 6.07) is 1.63. The third-order valence-electron chi connectivity index (χ3n) is 10.3. The molecule has 0 amide bonds. The van der Waals surface area contributed by atoms with E-state index >= 15 is 0 Å². The zero-order valence-electron chi connectivity index (χ0n) is 26.9. The lowest BCUT2D eigenvalue weighted by Crippen LogP contribution is -2.68. The van der Waals surface area contributed by atoms with Crippen molar-refractivity contribution in [1.82, 2.24) is 0 Å². The van der Waals surface area contributed by atoms with Crippen LogP contribution in [0.5, 0.6) is 0 Å². The maximum Gasteiger partial charge on any atom is 0.347 e. The van der Waals surface area contributed by atoms with E-state index < -0.39 is 100 Å². The van der Waals surface area contributed by atoms with Gasteiger partial charge in [-0.25, -0.2) is 9.59 Å². The number of carbonyl (C=O) groups is 5. The first-order valence-electron chi connectivity index (χ1n) is 14.7. The Kier molecular flexibility index (Phi) is 7.76. The van der Waals surface area contributed by atoms with Gasteiger partial charge in [-0.1, -0.05) is 26.0 Å². The van der Waals surface area contributed by atoms with Gasteiger partial charge in [0, 0.05) is 49.5 Å². The number of esters is 5. The minimum Gasteiger partial charge on any atom is -0.472 e. The third kappa shape index (κ3) is 4.60. The van der Waals surface area contributed by atoms with Gasteiger partial charge >= 0.3 is 29.8 Å². The topological polar surface area (TPSA) is 163 Å². The normalized spacial score (nSPS) is 40.2. The van der Waals surface area contributed by atoms with E-state index in [0.29, 0.717) is 11.1 Å². The molecule has 5 rings (SSSR count). The molecule has 4 aliphatic rings. The van der Waals surface area contributed by atoms with Crippen LogP contribution in [0.25, 0.3) is 0 Å². The van der Waals surface area contributed by atoms with Gasteiger partial charge in [0.25, 0.3) is 0 Å². The van der Waals surface area contributed by atoms with Crippen molar-refractivity contribution in [2.75, 3.05) is 7.11 Å². The summed E-state index contributed by atoms with van der Waals surface area (Å²) < 4.78 is 47.6. The van der Waals surface area contributed by atoms with Crippen molar-refractivity contribution in [2.45, 2.75) is 97.3 Å². The van der Waals surface area contributed by atoms with Gasteiger partial charge in [-0.05, 0) is 26.8 Å². The van der Waals surface area contributed by atoms with Gasteiger partial charge in [0.2, 0.25) is 6.10 Å². The van der Waals surface area contributed by atoms with Crippen LogP contribution in [-0.2, 0) is 57.1 Å². The Morgan fingerprint density at radius 1 is 0.956 bits per heavy atom. The molecule has 1 aliphatic carbocycles. The standard InChI is InChI=1S/C32H40O13/c1-14-19-22-28(37)43-25(18-11-12-39-13-18)30(19,7)26(42-17(4)35)21(40-15(2)33)20(14)31(8)24(23(27(36)38-10)41-16(3)34)29(5,6)45-32(31,9)44-22/h11-13,19-26H,1H2,2-10H3/t19-,20-,21+,22-,23+,24-,25-,26-,30+,31+,32-/m0/s1. The molecule has 3 saturated heterocycles. The number of rotatable bonds is 6. The van der Waals surface area contributed by atoms with Gasteiger partial charge in [-0.2, -0.15) is 0 Å². The highest BCUT2D eigenvalue weighted by molar-refractivity contribution is 5.80. The summed E-state index contributed by atoms with van der Waals surface area (Å²) in [5.41, 5.74) is -3.14. The second-order valence-corrected chi connectivity index (χ2v) is 13.4. The Balaban J connectivity index is 1.85. The van der Waals surface area contributed by atoms with E-state index in [2.05, 4.69) is 6.58 Å². The zero-order valence-corrected chi connectivity index (χ0v) is 26.9. The molecule has 4 fully saturated rings. The minimum absolute atomic E-state index is 0.422. The third-order valence-corrected chi connectivity index (χ3v) is 10.3. The van der Waals surface area contributed by atoms with Crippen molar-refractivity contribution in [3.63, 3.8) is 0 Å². The molecule has 0 N–H and O–H groups in total. The highest BCUT2D eigenvalue weighted by Crippen LogP contribution is 2.72. The lowest BCUT2D eigenvalue weighted by molar-refractivity contribution is -0.300. The maximum atomic E-state index is 13.9. The van der Waals surface area contributed by atoms with Gasteiger partial charge in [0.05, 0.1) is 30.7 Å². The molecule has 13 heteroatoms. The Morgan fingerprint density at radius 2 is 1.60 bits per heavy atom. The summed E-state index contributed by atoms with van der Waals surface area (Å²) in [6.45, 7) is 16.6. The Hall–Kier alpha value is -3.71.